The second-order valence-corrected chi connectivity index (χ2v) is 8.55. The topological polar surface area (TPSA) is 59.1 Å². The van der Waals surface area contributed by atoms with Crippen LogP contribution in [0.15, 0.2) is 72.8 Å². The highest BCUT2D eigenvalue weighted by Crippen LogP contribution is 2.54. The van der Waals surface area contributed by atoms with Gasteiger partial charge in [-0.2, -0.15) is 0 Å². The van der Waals surface area contributed by atoms with E-state index >= 15 is 0 Å². The number of amides is 2. The maximum Gasteiger partial charge on any atom is 0.429 e. The molecule has 0 N–H and O–H groups in total. The Bertz CT molecular complexity index is 1270. The first-order valence-corrected chi connectivity index (χ1v) is 11.6. The summed E-state index contributed by atoms with van der Waals surface area (Å²) in [5.41, 5.74) is 4.00. The van der Waals surface area contributed by atoms with Crippen molar-refractivity contribution in [2.75, 3.05) is 13.2 Å². The molecule has 0 saturated heterocycles. The van der Waals surface area contributed by atoms with Crippen LogP contribution in [0.3, 0.4) is 0 Å². The maximum atomic E-state index is 13.3. The van der Waals surface area contributed by atoms with E-state index in [9.17, 15) is 9.59 Å². The predicted octanol–water partition coefficient (Wildman–Crippen LogP) is 6.33. The average molecular weight is 453 g/mol. The van der Waals surface area contributed by atoms with Crippen LogP contribution in [0.1, 0.15) is 48.2 Å². The van der Waals surface area contributed by atoms with E-state index in [0.717, 1.165) is 43.8 Å². The molecule has 0 aromatic heterocycles. The summed E-state index contributed by atoms with van der Waals surface area (Å²) in [6.45, 7) is 3.94. The molecule has 4 aromatic rings. The minimum Gasteiger partial charge on any atom is -0.448 e. The average Bonchev–Trinajstić information content (AvgIpc) is 2.86. The number of hydrogen-bond acceptors (Lipinski definition) is 4. The summed E-state index contributed by atoms with van der Waals surface area (Å²) in [4.78, 5) is 26.6. The summed E-state index contributed by atoms with van der Waals surface area (Å²) in [5, 5.41) is 7.23. The monoisotopic (exact) mass is 452 g/mol. The molecular formula is C28H24N2O4. The van der Waals surface area contributed by atoms with E-state index in [1.165, 1.54) is 10.0 Å². The first-order valence-electron chi connectivity index (χ1n) is 11.6. The van der Waals surface area contributed by atoms with Crippen molar-refractivity contribution < 1.29 is 19.1 Å². The van der Waals surface area contributed by atoms with E-state index in [-0.39, 0.29) is 13.2 Å². The smallest absolute Gasteiger partial charge is 0.429 e. The molecule has 34 heavy (non-hydrogen) atoms. The number of carbonyl (C=O) groups excluding carboxylic acids is 2. The normalized spacial score (nSPS) is 18.1. The zero-order chi connectivity index (χ0) is 23.4. The molecule has 2 aliphatic heterocycles. The summed E-state index contributed by atoms with van der Waals surface area (Å²) < 4.78 is 10.9. The molecule has 2 amide bonds. The highest BCUT2D eigenvalue weighted by atomic mass is 16.6. The Morgan fingerprint density at radius 3 is 1.18 bits per heavy atom. The minimum atomic E-state index is -0.567. The Kier molecular flexibility index (Phi) is 4.69. The maximum absolute atomic E-state index is 13.3. The molecule has 6 nitrogen and oxygen atoms in total. The molecule has 0 saturated carbocycles. The summed E-state index contributed by atoms with van der Waals surface area (Å²) in [5.74, 6) is 0. The zero-order valence-electron chi connectivity index (χ0n) is 19.0. The Balaban J connectivity index is 1.68. The number of hydrogen-bond donors (Lipinski definition) is 0. The van der Waals surface area contributed by atoms with Crippen molar-refractivity contribution in [2.45, 2.75) is 25.9 Å². The molecule has 6 heteroatoms. The quantitative estimate of drug-likeness (QED) is 0.357. The molecule has 0 unspecified atom stereocenters. The Morgan fingerprint density at radius 2 is 0.912 bits per heavy atom. The van der Waals surface area contributed by atoms with Crippen LogP contribution in [0, 0.1) is 0 Å². The van der Waals surface area contributed by atoms with Crippen LogP contribution >= 0.6 is 0 Å². The van der Waals surface area contributed by atoms with Crippen LogP contribution in [0.5, 0.6) is 0 Å². The number of fused-ring (bicyclic) bond motifs is 3. The van der Waals surface area contributed by atoms with E-state index in [1.807, 2.05) is 24.3 Å². The van der Waals surface area contributed by atoms with Crippen LogP contribution in [0.4, 0.5) is 9.59 Å². The van der Waals surface area contributed by atoms with Gasteiger partial charge in [0.05, 0.1) is 13.2 Å². The standard InChI is InChI=1S/C28H24N2O4/c1-3-33-27(31)29-25-21-13-17-9-5-7-11-19(17)15-23(21)26(30(29)28(32)34-4-2)24-16-20-12-8-6-10-18(20)14-22(24)25/h5-16,25-26H,3-4H2,1-2H3. The van der Waals surface area contributed by atoms with E-state index in [0.29, 0.717) is 0 Å². The fraction of sp³-hybridized carbons (Fsp3) is 0.214. The molecule has 0 fully saturated rings. The number of benzene rings is 4. The molecule has 0 atom stereocenters. The van der Waals surface area contributed by atoms with Gasteiger partial charge in [0, 0.05) is 0 Å². The number of nitrogens with zero attached hydrogens (tertiary/aromatic N) is 2. The third-order valence-electron chi connectivity index (χ3n) is 6.71. The molecule has 4 aromatic carbocycles. The molecule has 7 rings (SSSR count). The van der Waals surface area contributed by atoms with Crippen molar-refractivity contribution in [3.63, 3.8) is 0 Å². The van der Waals surface area contributed by atoms with Gasteiger partial charge in [-0.3, -0.25) is 0 Å². The van der Waals surface area contributed by atoms with E-state index in [1.54, 1.807) is 13.8 Å². The van der Waals surface area contributed by atoms with Crippen molar-refractivity contribution >= 4 is 33.7 Å². The molecule has 3 aliphatic rings. The largest absolute Gasteiger partial charge is 0.448 e. The third-order valence-corrected chi connectivity index (χ3v) is 6.71. The van der Waals surface area contributed by atoms with E-state index in [2.05, 4.69) is 48.5 Å². The van der Waals surface area contributed by atoms with Crippen LogP contribution in [0.25, 0.3) is 21.5 Å². The highest BCUT2D eigenvalue weighted by molar-refractivity contribution is 5.90. The second kappa shape index (κ2) is 7.76. The van der Waals surface area contributed by atoms with Crippen molar-refractivity contribution in [1.29, 1.82) is 0 Å². The lowest BCUT2D eigenvalue weighted by Gasteiger charge is -2.53. The van der Waals surface area contributed by atoms with Gasteiger partial charge >= 0.3 is 12.2 Å². The first-order chi connectivity index (χ1) is 16.6. The van der Waals surface area contributed by atoms with Gasteiger partial charge in [0.15, 0.2) is 0 Å². The molecule has 170 valence electrons. The SMILES string of the molecule is CCOC(=O)N1C2c3cc4ccccc4cc3C(c3cc4ccccc4cc32)N1C(=O)OCC. The third kappa shape index (κ3) is 2.88. The lowest BCUT2D eigenvalue weighted by molar-refractivity contribution is -0.0708. The molecule has 0 spiro atoms. The van der Waals surface area contributed by atoms with Gasteiger partial charge in [-0.05, 0) is 81.9 Å². The van der Waals surface area contributed by atoms with E-state index in [4.69, 9.17) is 9.47 Å². The molecule has 1 aliphatic carbocycles. The van der Waals surface area contributed by atoms with Gasteiger partial charge < -0.3 is 9.47 Å². The summed E-state index contributed by atoms with van der Waals surface area (Å²) in [7, 11) is 0. The summed E-state index contributed by atoms with van der Waals surface area (Å²) >= 11 is 0. The Morgan fingerprint density at radius 1 is 0.618 bits per heavy atom. The molecule has 0 radical (unpaired) electrons. The Hall–Kier alpha value is -4.06. The fourth-order valence-electron chi connectivity index (χ4n) is 5.38. The zero-order valence-corrected chi connectivity index (χ0v) is 19.0. The van der Waals surface area contributed by atoms with Crippen molar-refractivity contribution in [1.82, 2.24) is 10.0 Å². The summed E-state index contributed by atoms with van der Waals surface area (Å²) in [6, 6.07) is 23.8. The first kappa shape index (κ1) is 20.5. The van der Waals surface area contributed by atoms with Crippen LogP contribution in [-0.2, 0) is 9.47 Å². The minimum absolute atomic E-state index is 0.207. The number of hydrazine groups is 1. The van der Waals surface area contributed by atoms with Gasteiger partial charge in [-0.25, -0.2) is 19.6 Å². The summed E-state index contributed by atoms with van der Waals surface area (Å²) in [6.07, 6.45) is -1.13. The van der Waals surface area contributed by atoms with Gasteiger partial charge in [0.2, 0.25) is 0 Å². The lowest BCUT2D eigenvalue weighted by atomic mass is 9.74. The van der Waals surface area contributed by atoms with Gasteiger partial charge in [-0.1, -0.05) is 48.5 Å². The van der Waals surface area contributed by atoms with Gasteiger partial charge in [0.1, 0.15) is 12.1 Å². The van der Waals surface area contributed by atoms with E-state index < -0.39 is 24.3 Å². The fourth-order valence-corrected chi connectivity index (χ4v) is 5.38. The molecular weight excluding hydrogens is 428 g/mol. The van der Waals surface area contributed by atoms with Crippen LogP contribution < -0.4 is 0 Å². The Labute approximate surface area is 197 Å². The molecule has 2 heterocycles. The molecule has 2 bridgehead atoms. The number of carbonyl (C=O) groups is 2. The van der Waals surface area contributed by atoms with Crippen molar-refractivity contribution in [2.24, 2.45) is 0 Å². The van der Waals surface area contributed by atoms with Crippen LogP contribution in [-0.4, -0.2) is 35.4 Å². The number of rotatable bonds is 2. The van der Waals surface area contributed by atoms with Gasteiger partial charge in [0.25, 0.3) is 0 Å². The number of ether oxygens (including phenoxy) is 2. The lowest BCUT2D eigenvalue weighted by Crippen LogP contribution is -2.59. The van der Waals surface area contributed by atoms with Crippen molar-refractivity contribution in [3.05, 3.63) is 95.1 Å². The van der Waals surface area contributed by atoms with Gasteiger partial charge in [-0.15, -0.1) is 0 Å². The van der Waals surface area contributed by atoms with Crippen LogP contribution in [0.2, 0.25) is 0 Å². The predicted molar refractivity (Wildman–Crippen MR) is 129 cm³/mol. The second-order valence-electron chi connectivity index (χ2n) is 8.55. The van der Waals surface area contributed by atoms with Crippen molar-refractivity contribution in [3.8, 4) is 0 Å². The highest BCUT2D eigenvalue weighted by Gasteiger charge is 2.52.